The molecule has 0 aromatic heterocycles. The first kappa shape index (κ1) is 8.73. The minimum absolute atomic E-state index is 0.0699. The maximum atomic E-state index is 11.1. The number of urea groups is 1. The molecule has 1 unspecified atom stereocenters. The third-order valence-electron chi connectivity index (χ3n) is 1.52. The minimum Gasteiger partial charge on any atom is -0.373 e. The summed E-state index contributed by atoms with van der Waals surface area (Å²) < 4.78 is 0. The minimum atomic E-state index is -1.05. The zero-order valence-corrected chi connectivity index (χ0v) is 6.49. The molecule has 3 amide bonds. The van der Waals surface area contributed by atoms with Gasteiger partial charge < -0.3 is 10.4 Å². The number of hydrogen-bond donors (Lipinski definition) is 2. The largest absolute Gasteiger partial charge is 0.373 e. The molecule has 5 heteroatoms. The van der Waals surface area contributed by atoms with Gasteiger partial charge in [-0.05, 0) is 0 Å². The molecule has 66 valence electrons. The molecule has 1 atom stereocenters. The van der Waals surface area contributed by atoms with Gasteiger partial charge in [0.05, 0.1) is 6.42 Å². The van der Waals surface area contributed by atoms with E-state index in [1.807, 2.05) is 0 Å². The second-order valence-electron chi connectivity index (χ2n) is 2.46. The van der Waals surface area contributed by atoms with Crippen molar-refractivity contribution in [3.05, 3.63) is 12.7 Å². The maximum Gasteiger partial charge on any atom is 0.326 e. The van der Waals surface area contributed by atoms with Crippen LogP contribution in [0.4, 0.5) is 4.79 Å². The van der Waals surface area contributed by atoms with Crippen LogP contribution in [0.5, 0.6) is 0 Å². The Balaban J connectivity index is 2.66. The first-order chi connectivity index (χ1) is 5.65. The average molecular weight is 170 g/mol. The van der Waals surface area contributed by atoms with E-state index in [1.54, 1.807) is 0 Å². The van der Waals surface area contributed by atoms with Gasteiger partial charge in [0, 0.05) is 6.54 Å². The zero-order valence-electron chi connectivity index (χ0n) is 6.49. The highest BCUT2D eigenvalue weighted by atomic mass is 16.3. The number of aliphatic hydroxyl groups excluding tert-OH is 1. The molecule has 5 nitrogen and oxygen atoms in total. The fraction of sp³-hybridized carbons (Fsp3) is 0.429. The van der Waals surface area contributed by atoms with Crippen molar-refractivity contribution in [2.45, 2.75) is 12.6 Å². The predicted molar refractivity (Wildman–Crippen MR) is 41.1 cm³/mol. The number of nitrogens with zero attached hydrogens (tertiary/aromatic N) is 1. The standard InChI is InChI=1S/C7H10N2O3/c1-2-3-9-6(11)4-5(10)8-7(9)12/h2,5,10H,1,3-4H2,(H,8,12). The van der Waals surface area contributed by atoms with Gasteiger partial charge in [0.25, 0.3) is 0 Å². The van der Waals surface area contributed by atoms with Gasteiger partial charge in [-0.1, -0.05) is 6.08 Å². The smallest absolute Gasteiger partial charge is 0.326 e. The normalized spacial score (nSPS) is 23.8. The topological polar surface area (TPSA) is 69.6 Å². The summed E-state index contributed by atoms with van der Waals surface area (Å²) in [7, 11) is 0. The molecule has 1 aliphatic heterocycles. The van der Waals surface area contributed by atoms with Gasteiger partial charge in [-0.3, -0.25) is 9.69 Å². The molecule has 0 aromatic rings. The molecular weight excluding hydrogens is 160 g/mol. The highest BCUT2D eigenvalue weighted by Gasteiger charge is 2.29. The van der Waals surface area contributed by atoms with E-state index in [-0.39, 0.29) is 18.9 Å². The van der Waals surface area contributed by atoms with Crippen molar-refractivity contribution >= 4 is 11.9 Å². The fourth-order valence-corrected chi connectivity index (χ4v) is 0.974. The van der Waals surface area contributed by atoms with E-state index in [2.05, 4.69) is 11.9 Å². The molecule has 1 saturated heterocycles. The number of carbonyl (C=O) groups excluding carboxylic acids is 2. The number of imide groups is 1. The van der Waals surface area contributed by atoms with Crippen LogP contribution in [0, 0.1) is 0 Å². The second-order valence-corrected chi connectivity index (χ2v) is 2.46. The van der Waals surface area contributed by atoms with E-state index in [1.165, 1.54) is 6.08 Å². The summed E-state index contributed by atoms with van der Waals surface area (Å²) in [5, 5.41) is 11.1. The van der Waals surface area contributed by atoms with Gasteiger partial charge in [-0.15, -0.1) is 6.58 Å². The Morgan fingerprint density at radius 1 is 1.75 bits per heavy atom. The van der Waals surface area contributed by atoms with Gasteiger partial charge in [0.2, 0.25) is 5.91 Å². The molecule has 0 saturated carbocycles. The van der Waals surface area contributed by atoms with Crippen LogP contribution < -0.4 is 5.32 Å². The van der Waals surface area contributed by atoms with E-state index in [0.717, 1.165) is 4.90 Å². The van der Waals surface area contributed by atoms with Crippen molar-refractivity contribution in [3.63, 3.8) is 0 Å². The van der Waals surface area contributed by atoms with Crippen LogP contribution in [0.25, 0.3) is 0 Å². The lowest BCUT2D eigenvalue weighted by molar-refractivity contribution is -0.132. The third kappa shape index (κ3) is 1.62. The summed E-state index contributed by atoms with van der Waals surface area (Å²) in [5.74, 6) is -0.383. The van der Waals surface area contributed by atoms with Crippen molar-refractivity contribution in [1.29, 1.82) is 0 Å². The summed E-state index contributed by atoms with van der Waals surface area (Å²) >= 11 is 0. The number of rotatable bonds is 2. The van der Waals surface area contributed by atoms with Crippen molar-refractivity contribution in [2.24, 2.45) is 0 Å². The predicted octanol–water partition coefficient (Wildman–Crippen LogP) is -0.567. The summed E-state index contributed by atoms with van der Waals surface area (Å²) in [6.45, 7) is 3.58. The summed E-state index contributed by atoms with van der Waals surface area (Å²) in [6, 6.07) is -0.571. The Bertz CT molecular complexity index is 209. The van der Waals surface area contributed by atoms with E-state index >= 15 is 0 Å². The second kappa shape index (κ2) is 3.36. The highest BCUT2D eigenvalue weighted by Crippen LogP contribution is 2.04. The molecule has 1 rings (SSSR count). The molecule has 0 spiro atoms. The number of hydrogen-bond acceptors (Lipinski definition) is 3. The van der Waals surface area contributed by atoms with Crippen LogP contribution >= 0.6 is 0 Å². The molecule has 0 bridgehead atoms. The quantitative estimate of drug-likeness (QED) is 0.545. The number of amides is 3. The molecule has 0 aliphatic carbocycles. The van der Waals surface area contributed by atoms with Gasteiger partial charge >= 0.3 is 6.03 Å². The summed E-state index contributed by atoms with van der Waals surface area (Å²) in [5.41, 5.74) is 0. The molecule has 2 N–H and O–H groups in total. The monoisotopic (exact) mass is 170 g/mol. The molecule has 1 heterocycles. The van der Waals surface area contributed by atoms with Gasteiger partial charge in [0.15, 0.2) is 0 Å². The van der Waals surface area contributed by atoms with Crippen LogP contribution in [0.2, 0.25) is 0 Å². The number of nitrogens with one attached hydrogen (secondary N) is 1. The van der Waals surface area contributed by atoms with Crippen LogP contribution in [0.1, 0.15) is 6.42 Å². The van der Waals surface area contributed by atoms with Crippen molar-refractivity contribution in [1.82, 2.24) is 10.2 Å². The Morgan fingerprint density at radius 2 is 2.42 bits per heavy atom. The van der Waals surface area contributed by atoms with Crippen LogP contribution in [-0.4, -0.2) is 34.7 Å². The molecule has 0 radical (unpaired) electrons. The van der Waals surface area contributed by atoms with Gasteiger partial charge in [-0.2, -0.15) is 0 Å². The lowest BCUT2D eigenvalue weighted by Gasteiger charge is -2.27. The molecule has 12 heavy (non-hydrogen) atoms. The first-order valence-electron chi connectivity index (χ1n) is 3.55. The van der Waals surface area contributed by atoms with Crippen molar-refractivity contribution in [2.75, 3.05) is 6.54 Å². The fourth-order valence-electron chi connectivity index (χ4n) is 0.974. The Kier molecular flexibility index (Phi) is 2.44. The van der Waals surface area contributed by atoms with Gasteiger partial charge in [0.1, 0.15) is 6.23 Å². The Morgan fingerprint density at radius 3 is 2.92 bits per heavy atom. The van der Waals surface area contributed by atoms with Crippen LogP contribution in [-0.2, 0) is 4.79 Å². The summed E-state index contributed by atoms with van der Waals surface area (Å²) in [4.78, 5) is 23.1. The van der Waals surface area contributed by atoms with E-state index < -0.39 is 12.3 Å². The van der Waals surface area contributed by atoms with Crippen LogP contribution in [0.3, 0.4) is 0 Å². The molecular formula is C7H10N2O3. The zero-order chi connectivity index (χ0) is 9.14. The van der Waals surface area contributed by atoms with Crippen LogP contribution in [0.15, 0.2) is 12.7 Å². The number of carbonyl (C=O) groups is 2. The molecule has 1 fully saturated rings. The average Bonchev–Trinajstić information content (AvgIpc) is 1.96. The Labute approximate surface area is 69.7 Å². The van der Waals surface area contributed by atoms with E-state index in [0.29, 0.717) is 0 Å². The molecule has 0 aromatic carbocycles. The number of aliphatic hydroxyl groups is 1. The lowest BCUT2D eigenvalue weighted by atomic mass is 10.3. The van der Waals surface area contributed by atoms with Gasteiger partial charge in [-0.25, -0.2) is 4.79 Å². The molecule has 1 aliphatic rings. The first-order valence-corrected chi connectivity index (χ1v) is 3.55. The van der Waals surface area contributed by atoms with Crippen molar-refractivity contribution in [3.8, 4) is 0 Å². The van der Waals surface area contributed by atoms with E-state index in [4.69, 9.17) is 5.11 Å². The summed E-state index contributed by atoms with van der Waals surface area (Å²) in [6.07, 6.45) is 0.334. The maximum absolute atomic E-state index is 11.1. The Hall–Kier alpha value is -1.36. The lowest BCUT2D eigenvalue weighted by Crippen LogP contribution is -2.54. The van der Waals surface area contributed by atoms with E-state index in [9.17, 15) is 9.59 Å². The highest BCUT2D eigenvalue weighted by molar-refractivity contribution is 5.97. The SMILES string of the molecule is C=CCN1C(=O)CC(O)NC1=O. The third-order valence-corrected chi connectivity index (χ3v) is 1.52. The van der Waals surface area contributed by atoms with Crippen molar-refractivity contribution < 1.29 is 14.7 Å².